The third-order valence-corrected chi connectivity index (χ3v) is 2.75. The normalized spacial score (nSPS) is 12.1. The molecule has 0 atom stereocenters. The fourth-order valence-electron chi connectivity index (χ4n) is 1.35. The molecule has 138 valence electrons. The van der Waals surface area contributed by atoms with E-state index in [1.165, 1.54) is 12.2 Å². The molecule has 1 aromatic rings. The molecular formula is C10H10N8O6S2. The molecule has 0 spiro atoms. The van der Waals surface area contributed by atoms with Crippen molar-refractivity contribution in [3.05, 3.63) is 68.4 Å². The molecule has 0 amide bonds. The van der Waals surface area contributed by atoms with Gasteiger partial charge in [0, 0.05) is 30.0 Å². The minimum atomic E-state index is -3.97. The van der Waals surface area contributed by atoms with Gasteiger partial charge < -0.3 is 0 Å². The molecular weight excluding hydrogens is 392 g/mol. The van der Waals surface area contributed by atoms with Crippen molar-refractivity contribution >= 4 is 32.0 Å². The van der Waals surface area contributed by atoms with E-state index >= 15 is 0 Å². The zero-order valence-electron chi connectivity index (χ0n) is 12.6. The fraction of sp³-hybridized carbons (Fsp3) is 0. The molecule has 1 aliphatic carbocycles. The van der Waals surface area contributed by atoms with Gasteiger partial charge in [0.1, 0.15) is 0 Å². The number of benzene rings is 1. The van der Waals surface area contributed by atoms with Crippen molar-refractivity contribution in [2.45, 2.75) is 0 Å². The van der Waals surface area contributed by atoms with Crippen LogP contribution >= 0.6 is 0 Å². The molecule has 4 N–H and O–H groups in total. The molecule has 0 fully saturated rings. The Balaban J connectivity index is 0.000000390. The minimum Gasteiger partial charge on any atom is -0.289 e. The Morgan fingerprint density at radius 3 is 1.27 bits per heavy atom. The monoisotopic (exact) mass is 402 g/mol. The van der Waals surface area contributed by atoms with Crippen LogP contribution in [0.1, 0.15) is 20.7 Å². The summed E-state index contributed by atoms with van der Waals surface area (Å²) in [6.45, 7) is 0. The highest BCUT2D eigenvalue weighted by Gasteiger charge is 2.16. The molecule has 0 saturated carbocycles. The molecule has 16 heteroatoms. The van der Waals surface area contributed by atoms with Gasteiger partial charge in [0.25, 0.3) is 20.4 Å². The number of rotatable bonds is 2. The van der Waals surface area contributed by atoms with E-state index in [1.54, 1.807) is 24.3 Å². The Morgan fingerprint density at radius 1 is 0.769 bits per heavy atom. The van der Waals surface area contributed by atoms with Crippen LogP contribution in [0.25, 0.3) is 20.9 Å². The first-order valence-corrected chi connectivity index (χ1v) is 8.96. The summed E-state index contributed by atoms with van der Waals surface area (Å²) >= 11 is 0. The lowest BCUT2D eigenvalue weighted by Gasteiger charge is -2.06. The zero-order valence-corrected chi connectivity index (χ0v) is 14.2. The van der Waals surface area contributed by atoms with Gasteiger partial charge >= 0.3 is 0 Å². The van der Waals surface area contributed by atoms with Crippen LogP contribution in [0.4, 0.5) is 0 Å². The summed E-state index contributed by atoms with van der Waals surface area (Å²) in [7, 11) is -7.93. The van der Waals surface area contributed by atoms with E-state index < -0.39 is 20.4 Å². The molecule has 0 heterocycles. The highest BCUT2D eigenvalue weighted by atomic mass is 32.2. The largest absolute Gasteiger partial charge is 0.297 e. The first kappa shape index (κ1) is 22.7. The van der Waals surface area contributed by atoms with Gasteiger partial charge in [-0.2, -0.15) is 0 Å². The molecule has 2 rings (SSSR count). The summed E-state index contributed by atoms with van der Waals surface area (Å²) in [5.41, 5.74) is 15.8. The van der Waals surface area contributed by atoms with Gasteiger partial charge in [-0.25, -0.2) is 27.1 Å². The second-order valence-corrected chi connectivity index (χ2v) is 6.37. The average molecular weight is 402 g/mol. The maximum absolute atomic E-state index is 11.2. The van der Waals surface area contributed by atoms with Crippen molar-refractivity contribution in [2.24, 2.45) is 19.3 Å². The quantitative estimate of drug-likeness (QED) is 0.406. The molecule has 26 heavy (non-hydrogen) atoms. The van der Waals surface area contributed by atoms with Crippen LogP contribution in [0.5, 0.6) is 0 Å². The van der Waals surface area contributed by atoms with Crippen LogP contribution in [-0.2, 0) is 20.4 Å². The van der Waals surface area contributed by atoms with Crippen molar-refractivity contribution in [3.63, 3.8) is 0 Å². The van der Waals surface area contributed by atoms with E-state index in [-0.39, 0.29) is 11.6 Å². The SMILES string of the molecule is O=C1C=CC(=O)c2ccccc21.[N-]=[N+]=NS(N)(=O)=O.[N-]=[N+]=NS(N)(=O)=O. The van der Waals surface area contributed by atoms with E-state index in [9.17, 15) is 26.4 Å². The number of fused-ring (bicyclic) bond motifs is 1. The molecule has 0 aromatic heterocycles. The van der Waals surface area contributed by atoms with Gasteiger partial charge in [0.15, 0.2) is 11.6 Å². The van der Waals surface area contributed by atoms with Crippen LogP contribution in [-0.4, -0.2) is 28.4 Å². The molecule has 1 aromatic carbocycles. The lowest BCUT2D eigenvalue weighted by atomic mass is 9.95. The summed E-state index contributed by atoms with van der Waals surface area (Å²) in [4.78, 5) is 26.2. The molecule has 0 bridgehead atoms. The summed E-state index contributed by atoms with van der Waals surface area (Å²) < 4.78 is 42.7. The summed E-state index contributed by atoms with van der Waals surface area (Å²) in [6, 6.07) is 6.84. The zero-order chi connectivity index (χ0) is 20.4. The molecule has 0 aliphatic heterocycles. The lowest BCUT2D eigenvalue weighted by molar-refractivity contribution is 0.0994. The third-order valence-electron chi connectivity index (χ3n) is 2.14. The summed E-state index contributed by atoms with van der Waals surface area (Å²) in [6.07, 6.45) is 2.62. The van der Waals surface area contributed by atoms with Crippen molar-refractivity contribution in [1.82, 2.24) is 0 Å². The Bertz CT molecular complexity index is 950. The van der Waals surface area contributed by atoms with E-state index in [0.29, 0.717) is 11.1 Å². The Kier molecular flexibility index (Phi) is 8.66. The highest BCUT2D eigenvalue weighted by Crippen LogP contribution is 2.15. The number of carbonyl (C=O) groups is 2. The second kappa shape index (κ2) is 9.90. The predicted octanol–water partition coefficient (Wildman–Crippen LogP) is 0.622. The van der Waals surface area contributed by atoms with Crippen LogP contribution in [0.3, 0.4) is 0 Å². The number of carbonyl (C=O) groups excluding carboxylic acids is 2. The maximum Gasteiger partial charge on any atom is 0.297 e. The predicted molar refractivity (Wildman–Crippen MR) is 88.7 cm³/mol. The number of hydrogen-bond acceptors (Lipinski definition) is 6. The fourth-order valence-corrected chi connectivity index (χ4v) is 1.55. The summed E-state index contributed by atoms with van der Waals surface area (Å²) in [5.74, 6) is -0.185. The van der Waals surface area contributed by atoms with Gasteiger partial charge in [-0.15, -0.1) is 0 Å². The average Bonchev–Trinajstić information content (AvgIpc) is 2.50. The van der Waals surface area contributed by atoms with Gasteiger partial charge in [-0.1, -0.05) is 24.3 Å². The number of azide groups is 2. The first-order valence-electron chi connectivity index (χ1n) is 5.95. The Morgan fingerprint density at radius 2 is 1.08 bits per heavy atom. The standard InChI is InChI=1S/C10H6O2.2H2N4O2S/c11-9-5-6-10(12)8-4-2-1-3-7(8)9;2*1-3-4-7(2,5)6/h1-6H;2*(H2,2,5,6). The van der Waals surface area contributed by atoms with E-state index in [1.807, 2.05) is 9.82 Å². The van der Waals surface area contributed by atoms with Crippen molar-refractivity contribution in [1.29, 1.82) is 0 Å². The number of hydrogen-bond donors (Lipinski definition) is 2. The van der Waals surface area contributed by atoms with E-state index in [0.717, 1.165) is 0 Å². The van der Waals surface area contributed by atoms with Crippen LogP contribution in [0.15, 0.2) is 45.5 Å². The van der Waals surface area contributed by atoms with E-state index in [2.05, 4.69) is 19.3 Å². The van der Waals surface area contributed by atoms with Gasteiger partial charge in [-0.3, -0.25) is 9.59 Å². The number of allylic oxidation sites excluding steroid dienone is 2. The summed E-state index contributed by atoms with van der Waals surface area (Å²) in [5, 5.41) is 8.40. The molecule has 0 radical (unpaired) electrons. The minimum absolute atomic E-state index is 0.0924. The van der Waals surface area contributed by atoms with Gasteiger partial charge in [0.2, 0.25) is 0 Å². The van der Waals surface area contributed by atoms with Crippen molar-refractivity contribution < 1.29 is 26.4 Å². The smallest absolute Gasteiger partial charge is 0.289 e. The van der Waals surface area contributed by atoms with Crippen LogP contribution in [0.2, 0.25) is 0 Å². The third kappa shape index (κ3) is 9.78. The number of nitrogens with zero attached hydrogens (tertiary/aromatic N) is 6. The van der Waals surface area contributed by atoms with Crippen molar-refractivity contribution in [2.75, 3.05) is 0 Å². The number of nitrogens with two attached hydrogens (primary N) is 2. The van der Waals surface area contributed by atoms with E-state index in [4.69, 9.17) is 11.1 Å². The topological polar surface area (TPSA) is 252 Å². The van der Waals surface area contributed by atoms with Gasteiger partial charge in [0.05, 0.1) is 0 Å². The van der Waals surface area contributed by atoms with Crippen molar-refractivity contribution in [3.8, 4) is 0 Å². The highest BCUT2D eigenvalue weighted by molar-refractivity contribution is 7.87. The number of ketones is 2. The maximum atomic E-state index is 11.2. The molecule has 0 unspecified atom stereocenters. The molecule has 14 nitrogen and oxygen atoms in total. The first-order chi connectivity index (χ1) is 11.9. The molecule has 0 saturated heterocycles. The van der Waals surface area contributed by atoms with Crippen LogP contribution in [0, 0.1) is 0 Å². The molecule has 1 aliphatic rings. The lowest BCUT2D eigenvalue weighted by Crippen LogP contribution is -2.10. The Labute approximate surface area is 146 Å². The second-order valence-electron chi connectivity index (χ2n) is 3.98. The van der Waals surface area contributed by atoms with Crippen LogP contribution < -0.4 is 10.3 Å². The van der Waals surface area contributed by atoms with Gasteiger partial charge in [-0.05, 0) is 23.2 Å². The Hall–Kier alpha value is -3.26.